The van der Waals surface area contributed by atoms with Crippen molar-refractivity contribution in [3.63, 3.8) is 0 Å². The zero-order valence-electron chi connectivity index (χ0n) is 22.1. The molecule has 2 aromatic heterocycles. The molecule has 1 aliphatic heterocycles. The zero-order valence-corrected chi connectivity index (χ0v) is 22.1. The second-order valence-corrected chi connectivity index (χ2v) is 9.24. The first-order valence-electron chi connectivity index (χ1n) is 12.7. The summed E-state index contributed by atoms with van der Waals surface area (Å²) in [6.45, 7) is -0.292. The fourth-order valence-corrected chi connectivity index (χ4v) is 4.49. The highest BCUT2D eigenvalue weighted by Crippen LogP contribution is 2.33. The summed E-state index contributed by atoms with van der Waals surface area (Å²) in [5.41, 5.74) is 1.80. The Morgan fingerprint density at radius 3 is 2.79 bits per heavy atom. The molecule has 2 N–H and O–H groups in total. The topological polar surface area (TPSA) is 133 Å². The molecule has 0 unspecified atom stereocenters. The van der Waals surface area contributed by atoms with Crippen LogP contribution in [0, 0.1) is 11.6 Å². The van der Waals surface area contributed by atoms with E-state index in [4.69, 9.17) is 14.0 Å². The first-order chi connectivity index (χ1) is 20.4. The van der Waals surface area contributed by atoms with E-state index < -0.39 is 23.1 Å². The minimum atomic E-state index is -0.850. The van der Waals surface area contributed by atoms with E-state index >= 15 is 0 Å². The highest BCUT2D eigenvalue weighted by atomic mass is 19.1. The minimum Gasteiger partial charge on any atom is -0.493 e. The molecule has 0 aliphatic carbocycles. The zero-order chi connectivity index (χ0) is 29.2. The van der Waals surface area contributed by atoms with Gasteiger partial charge in [0.1, 0.15) is 23.0 Å². The molecule has 0 radical (unpaired) electrons. The molecule has 13 heteroatoms. The Balaban J connectivity index is 1.30. The normalized spacial score (nSPS) is 12.6. The molecular weight excluding hydrogens is 550 g/mol. The van der Waals surface area contributed by atoms with Gasteiger partial charge >= 0.3 is 0 Å². The van der Waals surface area contributed by atoms with Crippen LogP contribution in [0.5, 0.6) is 11.5 Å². The lowest BCUT2D eigenvalue weighted by atomic mass is 10.1. The number of carbonyl (C=O) groups is 2. The number of hydrogen-bond donors (Lipinski definition) is 2. The average Bonchev–Trinajstić information content (AvgIpc) is 3.67. The molecule has 212 valence electrons. The van der Waals surface area contributed by atoms with Crippen LogP contribution < -0.4 is 20.1 Å². The maximum Gasteiger partial charge on any atom is 0.263 e. The third kappa shape index (κ3) is 5.27. The van der Waals surface area contributed by atoms with Crippen LogP contribution in [0.3, 0.4) is 0 Å². The molecule has 0 saturated carbocycles. The van der Waals surface area contributed by atoms with E-state index in [0.717, 1.165) is 12.1 Å². The minimum absolute atomic E-state index is 0.0234. The van der Waals surface area contributed by atoms with E-state index in [9.17, 15) is 18.4 Å². The number of nitrogens with one attached hydrogen (secondary N) is 2. The number of methoxy groups -OCH3 is 1. The summed E-state index contributed by atoms with van der Waals surface area (Å²) in [5, 5.41) is 9.21. The Labute approximate surface area is 237 Å². The van der Waals surface area contributed by atoms with Gasteiger partial charge in [-0.3, -0.25) is 14.2 Å². The van der Waals surface area contributed by atoms with Gasteiger partial charge in [0.15, 0.2) is 23.9 Å². The molecule has 4 bridgehead atoms. The number of benzene rings is 3. The number of imidazole rings is 1. The molecule has 42 heavy (non-hydrogen) atoms. The highest BCUT2D eigenvalue weighted by molar-refractivity contribution is 5.95. The fourth-order valence-electron chi connectivity index (χ4n) is 4.49. The first kappa shape index (κ1) is 26.6. The van der Waals surface area contributed by atoms with E-state index in [1.54, 1.807) is 41.2 Å². The largest absolute Gasteiger partial charge is 0.493 e. The van der Waals surface area contributed by atoms with Crippen LogP contribution in [0.2, 0.25) is 0 Å². The van der Waals surface area contributed by atoms with Gasteiger partial charge in [-0.15, -0.1) is 0 Å². The van der Waals surface area contributed by atoms with Gasteiger partial charge in [0.2, 0.25) is 0 Å². The van der Waals surface area contributed by atoms with E-state index in [0.29, 0.717) is 34.1 Å². The molecular formula is C29H22F2N6O5. The number of ether oxygens (including phenoxy) is 2. The molecule has 2 amide bonds. The summed E-state index contributed by atoms with van der Waals surface area (Å²) in [5.74, 6) is -1.44. The van der Waals surface area contributed by atoms with Crippen LogP contribution in [0.4, 0.5) is 8.78 Å². The molecule has 3 heterocycles. The lowest BCUT2D eigenvalue weighted by Crippen LogP contribution is -2.29. The van der Waals surface area contributed by atoms with Crippen molar-refractivity contribution in [2.45, 2.75) is 13.1 Å². The summed E-state index contributed by atoms with van der Waals surface area (Å²) in [7, 11) is 1.51. The van der Waals surface area contributed by atoms with Crippen LogP contribution >= 0.6 is 0 Å². The quantitative estimate of drug-likeness (QED) is 0.325. The molecule has 0 saturated heterocycles. The van der Waals surface area contributed by atoms with Crippen molar-refractivity contribution in [1.82, 2.24) is 30.3 Å². The van der Waals surface area contributed by atoms with Crippen LogP contribution in [0.1, 0.15) is 21.7 Å². The molecule has 11 nitrogen and oxygen atoms in total. The van der Waals surface area contributed by atoms with Crippen molar-refractivity contribution in [2.24, 2.45) is 0 Å². The maximum atomic E-state index is 14.1. The third-order valence-corrected chi connectivity index (χ3v) is 6.48. The van der Waals surface area contributed by atoms with Crippen molar-refractivity contribution in [1.29, 1.82) is 0 Å². The highest BCUT2D eigenvalue weighted by Gasteiger charge is 2.20. The Morgan fingerprint density at radius 1 is 1.14 bits per heavy atom. The van der Waals surface area contributed by atoms with Gasteiger partial charge in [-0.25, -0.2) is 13.8 Å². The van der Waals surface area contributed by atoms with Crippen LogP contribution in [-0.2, 0) is 17.9 Å². The summed E-state index contributed by atoms with van der Waals surface area (Å²) < 4.78 is 46.1. The van der Waals surface area contributed by atoms with E-state index in [1.807, 2.05) is 12.1 Å². The van der Waals surface area contributed by atoms with Gasteiger partial charge in [-0.05, 0) is 54.1 Å². The van der Waals surface area contributed by atoms with Crippen molar-refractivity contribution in [3.8, 4) is 40.0 Å². The number of fused-ring (bicyclic) bond motifs is 7. The monoisotopic (exact) mass is 572 g/mol. The number of halogens is 2. The molecule has 0 fully saturated rings. The van der Waals surface area contributed by atoms with E-state index in [1.165, 1.54) is 13.2 Å². The third-order valence-electron chi connectivity index (χ3n) is 6.48. The standard InChI is InChI=1S/C29H22F2N6O5/c1-40-22-6-5-17-12-23(22)41-15-25(38)33-13-16-9-18(11-19(10-16)37-8-7-32-27(17)37)28(39)34-14-24-35-29(42-36-24)26-20(30)3-2-4-21(26)31/h2-12H,13-15H2,1H3,(H,33,38)(H,34,39). The maximum absolute atomic E-state index is 14.1. The van der Waals surface area contributed by atoms with Gasteiger partial charge in [0.05, 0.1) is 13.7 Å². The van der Waals surface area contributed by atoms with Gasteiger partial charge in [0, 0.05) is 35.8 Å². The van der Waals surface area contributed by atoms with Gasteiger partial charge < -0.3 is 24.6 Å². The lowest BCUT2D eigenvalue weighted by molar-refractivity contribution is -0.123. The van der Waals surface area contributed by atoms with Crippen molar-refractivity contribution in [3.05, 3.63) is 95.6 Å². The predicted molar refractivity (Wildman–Crippen MR) is 144 cm³/mol. The summed E-state index contributed by atoms with van der Waals surface area (Å²) in [6.07, 6.45) is 3.38. The molecule has 5 aromatic rings. The van der Waals surface area contributed by atoms with E-state index in [-0.39, 0.29) is 42.9 Å². The van der Waals surface area contributed by atoms with Gasteiger partial charge in [-0.1, -0.05) is 11.2 Å². The molecule has 1 aliphatic rings. The van der Waals surface area contributed by atoms with Crippen LogP contribution in [-0.4, -0.2) is 45.2 Å². The smallest absolute Gasteiger partial charge is 0.263 e. The molecule has 0 atom stereocenters. The summed E-state index contributed by atoms with van der Waals surface area (Å²) in [6, 6.07) is 13.8. The number of amides is 2. The number of carbonyl (C=O) groups excluding carboxylic acids is 2. The molecule has 0 spiro atoms. The number of aromatic nitrogens is 4. The van der Waals surface area contributed by atoms with Crippen molar-refractivity contribution < 1.29 is 32.4 Å². The number of nitrogens with zero attached hydrogens (tertiary/aromatic N) is 4. The Kier molecular flexibility index (Phi) is 7.05. The SMILES string of the molecule is COc1ccc2cc1OCC(=O)NCc1cc(C(=O)NCc3noc(-c4c(F)cccc4F)n3)cc(c1)-n1ccnc1-2. The summed E-state index contributed by atoms with van der Waals surface area (Å²) >= 11 is 0. The second kappa shape index (κ2) is 11.1. The first-order valence-corrected chi connectivity index (χ1v) is 12.7. The van der Waals surface area contributed by atoms with Crippen molar-refractivity contribution in [2.75, 3.05) is 13.7 Å². The predicted octanol–water partition coefficient (Wildman–Crippen LogP) is 3.81. The van der Waals surface area contributed by atoms with Crippen molar-refractivity contribution >= 4 is 11.8 Å². The Morgan fingerprint density at radius 2 is 1.98 bits per heavy atom. The molecule has 3 aromatic carbocycles. The lowest BCUT2D eigenvalue weighted by Gasteiger charge is -2.13. The Hall–Kier alpha value is -5.59. The average molecular weight is 573 g/mol. The summed E-state index contributed by atoms with van der Waals surface area (Å²) in [4.78, 5) is 34.3. The van der Waals surface area contributed by atoms with Crippen LogP contribution in [0.25, 0.3) is 28.5 Å². The number of rotatable bonds is 5. The second-order valence-electron chi connectivity index (χ2n) is 9.24. The van der Waals surface area contributed by atoms with Gasteiger partial charge in [0.25, 0.3) is 17.7 Å². The fraction of sp³-hybridized carbons (Fsp3) is 0.138. The number of hydrogen-bond acceptors (Lipinski definition) is 8. The Bertz CT molecular complexity index is 1800. The van der Waals surface area contributed by atoms with Gasteiger partial charge in [-0.2, -0.15) is 4.98 Å². The van der Waals surface area contributed by atoms with E-state index in [2.05, 4.69) is 25.8 Å². The molecule has 6 rings (SSSR count). The van der Waals surface area contributed by atoms with Crippen LogP contribution in [0.15, 0.2) is 71.5 Å².